The molecule has 0 aromatic heterocycles. The quantitative estimate of drug-likeness (QED) is 0.320. The molecule has 1 fully saturated rings. The summed E-state index contributed by atoms with van der Waals surface area (Å²) < 4.78 is 23.3. The van der Waals surface area contributed by atoms with Crippen LogP contribution in [0, 0.1) is 5.92 Å². The van der Waals surface area contributed by atoms with Crippen molar-refractivity contribution in [1.29, 1.82) is 0 Å². The second kappa shape index (κ2) is 7.32. The highest BCUT2D eigenvalue weighted by Gasteiger charge is 2.85. The fourth-order valence-corrected chi connectivity index (χ4v) is 49.9. The number of ether oxygens (including phenoxy) is 1. The highest BCUT2D eigenvalue weighted by Crippen LogP contribution is 2.72. The van der Waals surface area contributed by atoms with Crippen LogP contribution in [0.3, 0.4) is 0 Å². The Balaban J connectivity index is 2.40. The van der Waals surface area contributed by atoms with E-state index < -0.39 is 33.6 Å². The Kier molecular flexibility index (Phi) is 5.60. The first-order valence-electron chi connectivity index (χ1n) is 10.3. The summed E-state index contributed by atoms with van der Waals surface area (Å²) in [5, 5.41) is -0.752. The molecule has 2 nitrogen and oxygen atoms in total. The molecule has 1 saturated carbocycles. The first kappa shape index (κ1) is 22.2. The zero-order valence-corrected chi connectivity index (χ0v) is 21.6. The van der Waals surface area contributed by atoms with Crippen LogP contribution < -0.4 is 0 Å². The molecule has 0 spiro atoms. The Bertz CT molecular complexity index is 860. The molecule has 1 aliphatic rings. The summed E-state index contributed by atoms with van der Waals surface area (Å²) in [6.07, 6.45) is 0. The molecule has 0 aliphatic heterocycles. The van der Waals surface area contributed by atoms with E-state index in [0.717, 1.165) is 11.1 Å². The second-order valence-electron chi connectivity index (χ2n) is 10.3. The summed E-state index contributed by atoms with van der Waals surface area (Å²) in [5.74, 6) is -0.880. The second-order valence-corrected chi connectivity index (χ2v) is 36.1. The molecule has 0 saturated heterocycles. The van der Waals surface area contributed by atoms with Gasteiger partial charge in [-0.3, -0.25) is 4.79 Å². The molecule has 3 atom stereocenters. The van der Waals surface area contributed by atoms with Gasteiger partial charge in [-0.15, -0.1) is 0 Å². The van der Waals surface area contributed by atoms with Crippen LogP contribution in [0.1, 0.15) is 17.0 Å². The monoisotopic (exact) mass is 444 g/mol. The fraction of sp³-hybridized carbons (Fsp3) is 0.435. The van der Waals surface area contributed by atoms with Crippen LogP contribution in [-0.2, 0) is 14.6 Å². The van der Waals surface area contributed by atoms with Gasteiger partial charge in [0.2, 0.25) is 7.44 Å². The van der Waals surface area contributed by atoms with Crippen molar-refractivity contribution in [3.05, 3.63) is 71.8 Å². The molecule has 1 aliphatic carbocycles. The molecule has 6 heteroatoms. The third-order valence-corrected chi connectivity index (χ3v) is 41.3. The average Bonchev–Trinajstić information content (AvgIpc) is 3.37. The van der Waals surface area contributed by atoms with Gasteiger partial charge in [-0.05, 0) is 11.1 Å². The predicted molar refractivity (Wildman–Crippen MR) is 126 cm³/mol. The number of hydrogen-bond acceptors (Lipinski definition) is 2. The molecule has 156 valence electrons. The Morgan fingerprint density at radius 2 is 1.31 bits per heavy atom. The van der Waals surface area contributed by atoms with Crippen molar-refractivity contribution in [3.63, 3.8) is 0 Å². The summed E-state index contributed by atoms with van der Waals surface area (Å²) >= 11 is 0. The van der Waals surface area contributed by atoms with Crippen LogP contribution in [0.25, 0.3) is 0 Å². The van der Waals surface area contributed by atoms with Gasteiger partial charge in [0.25, 0.3) is 0 Å². The molecular formula is C23H33FO2Si3. The van der Waals surface area contributed by atoms with E-state index in [1.54, 1.807) is 0 Å². The molecule has 3 rings (SSSR count). The number of halogens is 1. The zero-order chi connectivity index (χ0) is 21.7. The topological polar surface area (TPSA) is 26.3 Å². The Labute approximate surface area is 177 Å². The minimum atomic E-state index is -3.42. The Morgan fingerprint density at radius 1 is 0.862 bits per heavy atom. The van der Waals surface area contributed by atoms with Gasteiger partial charge in [0.1, 0.15) is 0 Å². The maximum Gasteiger partial charge on any atom is 0.310 e. The van der Waals surface area contributed by atoms with Crippen LogP contribution in [0.5, 0.6) is 0 Å². The third kappa shape index (κ3) is 3.11. The van der Waals surface area contributed by atoms with E-state index in [0.29, 0.717) is 0 Å². The summed E-state index contributed by atoms with van der Waals surface area (Å²) in [7, 11) is -6.49. The van der Waals surface area contributed by atoms with Gasteiger partial charge >= 0.3 is 5.97 Å². The zero-order valence-electron chi connectivity index (χ0n) is 18.6. The van der Waals surface area contributed by atoms with E-state index in [1.807, 2.05) is 48.5 Å². The van der Waals surface area contributed by atoms with Gasteiger partial charge in [0, 0.05) is 11.0 Å². The molecule has 2 aromatic rings. The Morgan fingerprint density at radius 3 is 1.72 bits per heavy atom. The first-order chi connectivity index (χ1) is 13.4. The molecule has 0 N–H and O–H groups in total. The standard InChI is InChI=1S/C23H33FO2Si3/c1-26-22(25)21-20(18-14-10-8-11-15-18)23(21,19-16-12-9-13-17-19)29(24,27(2,3)4)28(5,6)7/h8-17,20-21H,1-7H3/t20-,21+,23+/m0/s1. The number of benzene rings is 2. The van der Waals surface area contributed by atoms with Gasteiger partial charge < -0.3 is 8.84 Å². The highest BCUT2D eigenvalue weighted by molar-refractivity contribution is 7.67. The predicted octanol–water partition coefficient (Wildman–Crippen LogP) is 5.80. The molecule has 0 unspecified atom stereocenters. The molecule has 0 heterocycles. The van der Waals surface area contributed by atoms with E-state index in [-0.39, 0.29) is 11.9 Å². The van der Waals surface area contributed by atoms with Gasteiger partial charge in [-0.2, -0.15) is 0 Å². The van der Waals surface area contributed by atoms with Crippen LogP contribution in [0.15, 0.2) is 60.7 Å². The smallest absolute Gasteiger partial charge is 0.310 e. The van der Waals surface area contributed by atoms with Crippen LogP contribution in [-0.4, -0.2) is 35.7 Å². The van der Waals surface area contributed by atoms with Crippen LogP contribution in [0.4, 0.5) is 4.11 Å². The summed E-state index contributed by atoms with van der Waals surface area (Å²) in [6, 6.07) is 20.1. The molecule has 0 bridgehead atoms. The van der Waals surface area contributed by atoms with E-state index in [4.69, 9.17) is 4.74 Å². The van der Waals surface area contributed by atoms with Crippen molar-refractivity contribution >= 4 is 28.6 Å². The number of rotatable bonds is 6. The maximum absolute atomic E-state index is 18.1. The normalized spacial score (nSPS) is 24.8. The lowest BCUT2D eigenvalue weighted by molar-refractivity contribution is -0.142. The van der Waals surface area contributed by atoms with Crippen molar-refractivity contribution in [2.45, 2.75) is 50.2 Å². The summed E-state index contributed by atoms with van der Waals surface area (Å²) in [4.78, 5) is 13.1. The van der Waals surface area contributed by atoms with Crippen molar-refractivity contribution in [2.75, 3.05) is 7.11 Å². The van der Waals surface area contributed by atoms with Crippen molar-refractivity contribution in [1.82, 2.24) is 0 Å². The molecule has 0 amide bonds. The van der Waals surface area contributed by atoms with Crippen LogP contribution >= 0.6 is 0 Å². The molecule has 29 heavy (non-hydrogen) atoms. The SMILES string of the molecule is COC(=O)[C@H]1[C@H](c2ccccc2)[C@@]1(c1ccccc1)[Si](F)([Si](C)(C)C)[Si](C)(C)C. The average molecular weight is 445 g/mol. The number of carbonyl (C=O) groups excluding carboxylic acids is 1. The van der Waals surface area contributed by atoms with E-state index in [1.165, 1.54) is 7.11 Å². The minimum absolute atomic E-state index is 0.159. The molecular weight excluding hydrogens is 412 g/mol. The maximum atomic E-state index is 18.1. The van der Waals surface area contributed by atoms with Gasteiger partial charge in [0.05, 0.1) is 28.2 Å². The van der Waals surface area contributed by atoms with Crippen molar-refractivity contribution in [2.24, 2.45) is 5.92 Å². The number of esters is 1. The lowest BCUT2D eigenvalue weighted by Crippen LogP contribution is -2.76. The third-order valence-electron chi connectivity index (χ3n) is 6.71. The highest BCUT2D eigenvalue weighted by atomic mass is 29.7. The van der Waals surface area contributed by atoms with Crippen molar-refractivity contribution < 1.29 is 13.6 Å². The van der Waals surface area contributed by atoms with Gasteiger partial charge in [0.15, 0.2) is 0 Å². The molecule has 0 radical (unpaired) electrons. The van der Waals surface area contributed by atoms with Crippen molar-refractivity contribution in [3.8, 4) is 0 Å². The largest absolute Gasteiger partial charge is 0.469 e. The van der Waals surface area contributed by atoms with Gasteiger partial charge in [-0.1, -0.05) is 99.9 Å². The minimum Gasteiger partial charge on any atom is -0.469 e. The van der Waals surface area contributed by atoms with E-state index in [9.17, 15) is 4.79 Å². The summed E-state index contributed by atoms with van der Waals surface area (Å²) in [6.45, 7) is 13.1. The van der Waals surface area contributed by atoms with E-state index in [2.05, 4.69) is 51.4 Å². The lowest BCUT2D eigenvalue weighted by Gasteiger charge is -2.49. The number of hydrogen-bond donors (Lipinski definition) is 0. The molecule has 2 aromatic carbocycles. The number of methoxy groups -OCH3 is 1. The Hall–Kier alpha value is -1.51. The van der Waals surface area contributed by atoms with E-state index >= 15 is 4.11 Å². The fourth-order valence-electron chi connectivity index (χ4n) is 6.02. The summed E-state index contributed by atoms with van der Waals surface area (Å²) in [5.41, 5.74) is 2.04. The lowest BCUT2D eigenvalue weighted by atomic mass is 10.0. The first-order valence-corrected chi connectivity index (χ1v) is 21.2. The van der Waals surface area contributed by atoms with Gasteiger partial charge in [-0.25, -0.2) is 0 Å². The number of carbonyl (C=O) groups is 1. The van der Waals surface area contributed by atoms with Crippen LogP contribution in [0.2, 0.25) is 39.3 Å².